The van der Waals surface area contributed by atoms with E-state index in [1.807, 2.05) is 19.1 Å². The van der Waals surface area contributed by atoms with Gasteiger partial charge >= 0.3 is 5.97 Å². The summed E-state index contributed by atoms with van der Waals surface area (Å²) in [4.78, 5) is 24.2. The Morgan fingerprint density at radius 1 is 1.35 bits per heavy atom. The maximum atomic E-state index is 13.0. The summed E-state index contributed by atoms with van der Waals surface area (Å²) in [5.74, 6) is 0.709. The van der Waals surface area contributed by atoms with Gasteiger partial charge in [-0.2, -0.15) is 0 Å². The molecule has 0 radical (unpaired) electrons. The molecule has 2 N–H and O–H groups in total. The fourth-order valence-electron chi connectivity index (χ4n) is 4.00. The van der Waals surface area contributed by atoms with Gasteiger partial charge in [0.05, 0.1) is 12.5 Å². The monoisotopic (exact) mass is 382 g/mol. The molecule has 2 aliphatic rings. The van der Waals surface area contributed by atoms with Crippen LogP contribution in [0.25, 0.3) is 0 Å². The molecule has 6 nitrogen and oxygen atoms in total. The van der Waals surface area contributed by atoms with Crippen LogP contribution in [0.5, 0.6) is 5.75 Å². The fourth-order valence-corrected chi connectivity index (χ4v) is 4.00. The number of methoxy groups -OCH3 is 1. The Kier molecular flexibility index (Phi) is 6.89. The molecule has 26 heavy (non-hydrogen) atoms. The van der Waals surface area contributed by atoms with E-state index >= 15 is 0 Å². The number of halogens is 1. The highest BCUT2D eigenvalue weighted by Crippen LogP contribution is 2.44. The average Bonchev–Trinajstić information content (AvgIpc) is 3.07. The second-order valence-electron chi connectivity index (χ2n) is 7.03. The number of rotatable bonds is 5. The number of carbonyl (C=O) groups excluding carboxylic acids is 2. The summed E-state index contributed by atoms with van der Waals surface area (Å²) in [6.07, 6.45) is 4.41. The molecule has 1 aromatic rings. The van der Waals surface area contributed by atoms with Crippen LogP contribution in [0.2, 0.25) is 0 Å². The second kappa shape index (κ2) is 8.73. The fraction of sp³-hybridized carbons (Fsp3) is 0.579. The second-order valence-corrected chi connectivity index (χ2v) is 7.03. The lowest BCUT2D eigenvalue weighted by Gasteiger charge is -2.37. The van der Waals surface area contributed by atoms with Crippen molar-refractivity contribution in [2.75, 3.05) is 32.1 Å². The first-order chi connectivity index (χ1) is 12.0. The van der Waals surface area contributed by atoms with E-state index in [4.69, 9.17) is 4.74 Å². The number of anilines is 1. The van der Waals surface area contributed by atoms with Crippen molar-refractivity contribution in [2.45, 2.75) is 32.6 Å². The summed E-state index contributed by atoms with van der Waals surface area (Å²) in [7, 11) is 1.32. The van der Waals surface area contributed by atoms with E-state index in [9.17, 15) is 9.59 Å². The number of aryl methyl sites for hydroxylation is 1. The third-order valence-electron chi connectivity index (χ3n) is 5.52. The third-order valence-corrected chi connectivity index (χ3v) is 5.52. The van der Waals surface area contributed by atoms with Crippen LogP contribution in [0.1, 0.15) is 31.2 Å². The highest BCUT2D eigenvalue weighted by Gasteiger charge is 2.49. The largest absolute Gasteiger partial charge is 0.482 e. The molecular weight excluding hydrogens is 356 g/mol. The van der Waals surface area contributed by atoms with E-state index in [1.165, 1.54) is 13.5 Å². The molecule has 0 spiro atoms. The van der Waals surface area contributed by atoms with Gasteiger partial charge in [0.15, 0.2) is 6.61 Å². The molecule has 0 bridgehead atoms. The highest BCUT2D eigenvalue weighted by molar-refractivity contribution is 5.96. The standard InChI is InChI=1S/C19H26N2O4.ClH/c1-13-9-15(25-11-17(22)24-2)6-7-16(13)21-18(23)19-8-4-3-5-14(19)10-20-12-19;/h6-7,9,14,20H,3-5,8,10-12H2,1-2H3,(H,21,23);1H/t14-,19+;/m0./s1. The number of ether oxygens (including phenoxy) is 2. The molecule has 1 aromatic carbocycles. The average molecular weight is 383 g/mol. The number of amides is 1. The maximum absolute atomic E-state index is 13.0. The van der Waals surface area contributed by atoms with E-state index in [0.717, 1.165) is 43.6 Å². The minimum absolute atomic E-state index is 0. The van der Waals surface area contributed by atoms with Crippen LogP contribution >= 0.6 is 12.4 Å². The Bertz CT molecular complexity index is 667. The van der Waals surface area contributed by atoms with Crippen LogP contribution in [-0.4, -0.2) is 38.7 Å². The molecule has 3 rings (SSSR count). The molecule has 7 heteroatoms. The first kappa shape index (κ1) is 20.5. The predicted molar refractivity (Wildman–Crippen MR) is 102 cm³/mol. The van der Waals surface area contributed by atoms with Gasteiger partial charge in [0, 0.05) is 12.2 Å². The van der Waals surface area contributed by atoms with E-state index in [-0.39, 0.29) is 30.3 Å². The van der Waals surface area contributed by atoms with E-state index < -0.39 is 5.97 Å². The zero-order valence-electron chi connectivity index (χ0n) is 15.3. The van der Waals surface area contributed by atoms with Gasteiger partial charge in [-0.3, -0.25) is 4.79 Å². The SMILES string of the molecule is COC(=O)COc1ccc(NC(=O)[C@@]23CCCC[C@H]2CNC3)c(C)c1.Cl. The summed E-state index contributed by atoms with van der Waals surface area (Å²) in [5.41, 5.74) is 1.43. The van der Waals surface area contributed by atoms with Crippen LogP contribution in [0.15, 0.2) is 18.2 Å². The summed E-state index contributed by atoms with van der Waals surface area (Å²) in [5, 5.41) is 6.52. The van der Waals surface area contributed by atoms with E-state index in [1.54, 1.807) is 6.07 Å². The first-order valence-electron chi connectivity index (χ1n) is 8.87. The first-order valence-corrected chi connectivity index (χ1v) is 8.87. The lowest BCUT2D eigenvalue weighted by Crippen LogP contribution is -2.44. The highest BCUT2D eigenvalue weighted by atomic mass is 35.5. The van der Waals surface area contributed by atoms with Crippen molar-refractivity contribution in [3.05, 3.63) is 23.8 Å². The van der Waals surface area contributed by atoms with Crippen molar-refractivity contribution in [3.8, 4) is 5.75 Å². The Morgan fingerprint density at radius 3 is 2.88 bits per heavy atom. The molecule has 1 aliphatic heterocycles. The summed E-state index contributed by atoms with van der Waals surface area (Å²) >= 11 is 0. The summed E-state index contributed by atoms with van der Waals surface area (Å²) in [6.45, 7) is 3.50. The molecule has 1 amide bonds. The van der Waals surface area contributed by atoms with Gasteiger partial charge in [0.1, 0.15) is 5.75 Å². The number of fused-ring (bicyclic) bond motifs is 1. The predicted octanol–water partition coefficient (Wildman–Crippen LogP) is 2.69. The molecule has 0 aromatic heterocycles. The zero-order valence-corrected chi connectivity index (χ0v) is 16.1. The Balaban J connectivity index is 0.00000243. The van der Waals surface area contributed by atoms with Crippen molar-refractivity contribution in [3.63, 3.8) is 0 Å². The van der Waals surface area contributed by atoms with E-state index in [0.29, 0.717) is 11.7 Å². The Hall–Kier alpha value is -1.79. The molecule has 1 heterocycles. The van der Waals surface area contributed by atoms with Gasteiger partial charge in [-0.05, 0) is 56.0 Å². The van der Waals surface area contributed by atoms with Gasteiger partial charge in [-0.25, -0.2) is 4.79 Å². The van der Waals surface area contributed by atoms with Crippen LogP contribution < -0.4 is 15.4 Å². The van der Waals surface area contributed by atoms with Crippen molar-refractivity contribution in [1.29, 1.82) is 0 Å². The lowest BCUT2D eigenvalue weighted by molar-refractivity contribution is -0.142. The van der Waals surface area contributed by atoms with Gasteiger partial charge in [-0.1, -0.05) is 12.8 Å². The molecule has 1 saturated heterocycles. The van der Waals surface area contributed by atoms with Crippen molar-refractivity contribution >= 4 is 30.0 Å². The van der Waals surface area contributed by atoms with Crippen LogP contribution in [-0.2, 0) is 14.3 Å². The van der Waals surface area contributed by atoms with Crippen molar-refractivity contribution in [1.82, 2.24) is 5.32 Å². The maximum Gasteiger partial charge on any atom is 0.343 e. The number of esters is 1. The van der Waals surface area contributed by atoms with Gasteiger partial charge in [-0.15, -0.1) is 12.4 Å². The zero-order chi connectivity index (χ0) is 17.9. The number of hydrogen-bond donors (Lipinski definition) is 2. The Morgan fingerprint density at radius 2 is 2.15 bits per heavy atom. The van der Waals surface area contributed by atoms with Crippen LogP contribution in [0.4, 0.5) is 5.69 Å². The smallest absolute Gasteiger partial charge is 0.343 e. The quantitative estimate of drug-likeness (QED) is 0.766. The summed E-state index contributed by atoms with van der Waals surface area (Å²) in [6, 6.07) is 5.41. The Labute approximate surface area is 160 Å². The molecule has 2 fully saturated rings. The number of hydrogen-bond acceptors (Lipinski definition) is 5. The van der Waals surface area contributed by atoms with Crippen molar-refractivity contribution in [2.24, 2.45) is 11.3 Å². The lowest BCUT2D eigenvalue weighted by atomic mass is 9.67. The van der Waals surface area contributed by atoms with Gasteiger partial charge in [0.2, 0.25) is 5.91 Å². The number of benzene rings is 1. The normalized spacial score (nSPS) is 24.2. The summed E-state index contributed by atoms with van der Waals surface area (Å²) < 4.78 is 9.94. The molecular formula is C19H27ClN2O4. The molecule has 2 atom stereocenters. The van der Waals surface area contributed by atoms with Gasteiger partial charge in [0.25, 0.3) is 0 Å². The molecule has 1 saturated carbocycles. The van der Waals surface area contributed by atoms with Crippen molar-refractivity contribution < 1.29 is 19.1 Å². The van der Waals surface area contributed by atoms with E-state index in [2.05, 4.69) is 15.4 Å². The van der Waals surface area contributed by atoms with Gasteiger partial charge < -0.3 is 20.1 Å². The van der Waals surface area contributed by atoms with Crippen LogP contribution in [0.3, 0.4) is 0 Å². The molecule has 0 unspecified atom stereocenters. The number of carbonyl (C=O) groups is 2. The molecule has 144 valence electrons. The minimum Gasteiger partial charge on any atom is -0.482 e. The van der Waals surface area contributed by atoms with Crippen LogP contribution in [0, 0.1) is 18.3 Å². The third kappa shape index (κ3) is 4.13. The number of nitrogens with one attached hydrogen (secondary N) is 2. The molecule has 1 aliphatic carbocycles. The topological polar surface area (TPSA) is 76.7 Å². The minimum atomic E-state index is -0.425.